The van der Waals surface area contributed by atoms with Crippen LogP contribution < -0.4 is 20.7 Å². The van der Waals surface area contributed by atoms with E-state index in [4.69, 9.17) is 21.7 Å². The molecule has 0 heterocycles. The summed E-state index contributed by atoms with van der Waals surface area (Å²) >= 11 is 5.28. The molecule has 2 aromatic carbocycles. The van der Waals surface area contributed by atoms with Crippen molar-refractivity contribution in [2.75, 3.05) is 30.5 Å². The zero-order valence-electron chi connectivity index (χ0n) is 17.7. The molecule has 3 rings (SSSR count). The first-order valence-electron chi connectivity index (χ1n) is 10.3. The smallest absolute Gasteiger partial charge is 0.257 e. The van der Waals surface area contributed by atoms with Crippen LogP contribution in [0.15, 0.2) is 42.5 Å². The van der Waals surface area contributed by atoms with E-state index in [0.717, 1.165) is 24.1 Å². The van der Waals surface area contributed by atoms with Gasteiger partial charge in [-0.15, -0.1) is 0 Å². The Bertz CT molecular complexity index is 960. The van der Waals surface area contributed by atoms with Gasteiger partial charge < -0.3 is 20.1 Å². The van der Waals surface area contributed by atoms with Gasteiger partial charge in [-0.2, -0.15) is 0 Å². The van der Waals surface area contributed by atoms with E-state index in [0.29, 0.717) is 36.8 Å². The van der Waals surface area contributed by atoms with Gasteiger partial charge in [0.15, 0.2) is 5.11 Å². The zero-order chi connectivity index (χ0) is 22.2. The number of amides is 2. The fourth-order valence-corrected chi connectivity index (χ4v) is 3.05. The minimum absolute atomic E-state index is 0.0412. The second-order valence-corrected chi connectivity index (χ2v) is 7.68. The van der Waals surface area contributed by atoms with Gasteiger partial charge in [0.25, 0.3) is 5.91 Å². The number of hydrogen-bond donors (Lipinski definition) is 3. The lowest BCUT2D eigenvalue weighted by Crippen LogP contribution is -2.34. The topological polar surface area (TPSA) is 88.7 Å². The molecule has 1 fully saturated rings. The average Bonchev–Trinajstić information content (AvgIpc) is 3.59. The Balaban J connectivity index is 1.55. The predicted octanol–water partition coefficient (Wildman–Crippen LogP) is 3.89. The van der Waals surface area contributed by atoms with Crippen molar-refractivity contribution in [3.63, 3.8) is 0 Å². The van der Waals surface area contributed by atoms with Gasteiger partial charge in [0.2, 0.25) is 5.91 Å². The van der Waals surface area contributed by atoms with Crippen molar-refractivity contribution in [2.45, 2.75) is 26.7 Å². The van der Waals surface area contributed by atoms with Gasteiger partial charge in [0.05, 0.1) is 6.61 Å². The van der Waals surface area contributed by atoms with Gasteiger partial charge in [-0.25, -0.2) is 0 Å². The van der Waals surface area contributed by atoms with E-state index in [1.165, 1.54) is 0 Å². The van der Waals surface area contributed by atoms with E-state index in [2.05, 4.69) is 16.0 Å². The van der Waals surface area contributed by atoms with Gasteiger partial charge in [0, 0.05) is 29.5 Å². The highest BCUT2D eigenvalue weighted by Gasteiger charge is 2.29. The Labute approximate surface area is 187 Å². The number of hydrogen-bond acceptors (Lipinski definition) is 5. The molecule has 0 atom stereocenters. The number of thiocarbonyl (C=S) groups is 1. The summed E-state index contributed by atoms with van der Waals surface area (Å²) < 4.78 is 10.8. The second-order valence-electron chi connectivity index (χ2n) is 7.27. The molecule has 1 aliphatic carbocycles. The van der Waals surface area contributed by atoms with Gasteiger partial charge >= 0.3 is 0 Å². The molecule has 1 saturated carbocycles. The molecule has 0 bridgehead atoms. The molecule has 8 heteroatoms. The number of rotatable bonds is 9. The van der Waals surface area contributed by atoms with E-state index in [1.54, 1.807) is 30.3 Å². The molecule has 164 valence electrons. The molecule has 31 heavy (non-hydrogen) atoms. The van der Waals surface area contributed by atoms with Crippen molar-refractivity contribution in [2.24, 2.45) is 5.92 Å². The van der Waals surface area contributed by atoms with Crippen LogP contribution in [0.4, 0.5) is 11.4 Å². The Hall–Kier alpha value is -2.97. The van der Waals surface area contributed by atoms with Crippen molar-refractivity contribution in [3.8, 4) is 5.75 Å². The lowest BCUT2D eigenvalue weighted by Gasteiger charge is -2.13. The first-order chi connectivity index (χ1) is 15.0. The molecular formula is C23H27N3O4S. The van der Waals surface area contributed by atoms with Crippen LogP contribution in [0, 0.1) is 12.8 Å². The average molecular weight is 442 g/mol. The predicted molar refractivity (Wildman–Crippen MR) is 125 cm³/mol. The van der Waals surface area contributed by atoms with Crippen LogP contribution in [0.3, 0.4) is 0 Å². The monoisotopic (exact) mass is 441 g/mol. The van der Waals surface area contributed by atoms with Crippen LogP contribution in [0.25, 0.3) is 0 Å². The molecule has 1 aliphatic rings. The SMILES string of the molecule is CCOCCOc1cccc(C(=O)NC(=S)Nc2ccc(C)c(NC(=O)C3CC3)c2)c1. The van der Waals surface area contributed by atoms with Crippen molar-refractivity contribution < 1.29 is 19.1 Å². The highest BCUT2D eigenvalue weighted by atomic mass is 32.1. The van der Waals surface area contributed by atoms with Gasteiger partial charge in [0.1, 0.15) is 12.4 Å². The summed E-state index contributed by atoms with van der Waals surface area (Å²) in [5, 5.41) is 8.77. The molecule has 0 radical (unpaired) electrons. The molecule has 3 N–H and O–H groups in total. The lowest BCUT2D eigenvalue weighted by atomic mass is 10.1. The fraction of sp³-hybridized carbons (Fsp3) is 0.348. The third-order valence-electron chi connectivity index (χ3n) is 4.73. The van der Waals surface area contributed by atoms with Crippen LogP contribution in [0.2, 0.25) is 0 Å². The van der Waals surface area contributed by atoms with Crippen LogP contribution in [0.1, 0.15) is 35.7 Å². The molecular weight excluding hydrogens is 414 g/mol. The van der Waals surface area contributed by atoms with Crippen molar-refractivity contribution in [1.29, 1.82) is 0 Å². The highest BCUT2D eigenvalue weighted by Crippen LogP contribution is 2.31. The number of carbonyl (C=O) groups excluding carboxylic acids is 2. The summed E-state index contributed by atoms with van der Waals surface area (Å²) in [5.74, 6) is 0.401. The summed E-state index contributed by atoms with van der Waals surface area (Å²) in [7, 11) is 0. The van der Waals surface area contributed by atoms with Crippen LogP contribution >= 0.6 is 12.2 Å². The van der Waals surface area contributed by atoms with E-state index >= 15 is 0 Å². The normalized spacial score (nSPS) is 12.7. The van der Waals surface area contributed by atoms with Crippen LogP contribution in [-0.4, -0.2) is 36.7 Å². The summed E-state index contributed by atoms with van der Waals surface area (Å²) in [6, 6.07) is 12.4. The standard InChI is InChI=1S/C23H27N3O4S/c1-3-29-11-12-30-19-6-4-5-17(13-19)22(28)26-23(31)24-18-10-7-15(2)20(14-18)25-21(27)16-8-9-16/h4-7,10,13-14,16H,3,8-9,11-12H2,1-2H3,(H,25,27)(H2,24,26,28,31). The van der Waals surface area contributed by atoms with Gasteiger partial charge in [-0.05, 0) is 74.8 Å². The minimum Gasteiger partial charge on any atom is -0.491 e. The quantitative estimate of drug-likeness (QED) is 0.404. The first-order valence-corrected chi connectivity index (χ1v) is 10.7. The zero-order valence-corrected chi connectivity index (χ0v) is 18.5. The maximum atomic E-state index is 12.5. The van der Waals surface area contributed by atoms with E-state index in [9.17, 15) is 9.59 Å². The molecule has 2 amide bonds. The highest BCUT2D eigenvalue weighted by molar-refractivity contribution is 7.80. The van der Waals surface area contributed by atoms with Gasteiger partial charge in [-0.1, -0.05) is 12.1 Å². The summed E-state index contributed by atoms with van der Waals surface area (Å²) in [6.45, 7) is 5.37. The van der Waals surface area contributed by atoms with Crippen molar-refractivity contribution in [3.05, 3.63) is 53.6 Å². The van der Waals surface area contributed by atoms with Crippen LogP contribution in [0.5, 0.6) is 5.75 Å². The summed E-state index contributed by atoms with van der Waals surface area (Å²) in [6.07, 6.45) is 1.88. The van der Waals surface area contributed by atoms with Crippen LogP contribution in [-0.2, 0) is 9.53 Å². The maximum Gasteiger partial charge on any atom is 0.257 e. The number of carbonyl (C=O) groups is 2. The number of nitrogens with one attached hydrogen (secondary N) is 3. The molecule has 7 nitrogen and oxygen atoms in total. The Kier molecular flexibility index (Phi) is 7.97. The Morgan fingerprint density at radius 1 is 1.10 bits per heavy atom. The molecule has 0 aliphatic heterocycles. The molecule has 2 aromatic rings. The Morgan fingerprint density at radius 2 is 1.90 bits per heavy atom. The lowest BCUT2D eigenvalue weighted by molar-refractivity contribution is -0.117. The number of aryl methyl sites for hydroxylation is 1. The first kappa shape index (κ1) is 22.7. The minimum atomic E-state index is -0.345. The molecule has 0 unspecified atom stereocenters. The fourth-order valence-electron chi connectivity index (χ4n) is 2.84. The van der Waals surface area contributed by atoms with E-state index < -0.39 is 0 Å². The van der Waals surface area contributed by atoms with Crippen molar-refractivity contribution in [1.82, 2.24) is 5.32 Å². The molecule has 0 saturated heterocycles. The van der Waals surface area contributed by atoms with Crippen molar-refractivity contribution >= 4 is 40.5 Å². The van der Waals surface area contributed by atoms with E-state index in [-0.39, 0.29) is 22.8 Å². The molecule has 0 spiro atoms. The summed E-state index contributed by atoms with van der Waals surface area (Å²) in [5.41, 5.74) is 2.79. The number of benzene rings is 2. The third-order valence-corrected chi connectivity index (χ3v) is 4.93. The number of ether oxygens (including phenoxy) is 2. The third kappa shape index (κ3) is 7.04. The number of anilines is 2. The largest absolute Gasteiger partial charge is 0.491 e. The molecule has 0 aromatic heterocycles. The maximum absolute atomic E-state index is 12.5. The van der Waals surface area contributed by atoms with Gasteiger partial charge in [-0.3, -0.25) is 14.9 Å². The second kappa shape index (κ2) is 10.9. The summed E-state index contributed by atoms with van der Waals surface area (Å²) in [4.78, 5) is 24.6. The Morgan fingerprint density at radius 3 is 2.65 bits per heavy atom. The van der Waals surface area contributed by atoms with E-state index in [1.807, 2.05) is 26.0 Å².